The van der Waals surface area contributed by atoms with Gasteiger partial charge >= 0.3 is 5.97 Å². The van der Waals surface area contributed by atoms with Gasteiger partial charge in [-0.1, -0.05) is 24.6 Å². The molecule has 0 fully saturated rings. The summed E-state index contributed by atoms with van der Waals surface area (Å²) in [5, 5.41) is 1.39. The lowest BCUT2D eigenvalue weighted by Gasteiger charge is -2.20. The van der Waals surface area contributed by atoms with Gasteiger partial charge in [-0.05, 0) is 56.7 Å². The topological polar surface area (TPSA) is 52.1 Å². The number of carbonyl (C=O) groups excluding carboxylic acids is 1. The fourth-order valence-electron chi connectivity index (χ4n) is 2.76. The van der Waals surface area contributed by atoms with E-state index in [0.29, 0.717) is 10.6 Å². The molecule has 0 saturated carbocycles. The Labute approximate surface area is 158 Å². The van der Waals surface area contributed by atoms with Crippen LogP contribution in [0.1, 0.15) is 55.2 Å². The van der Waals surface area contributed by atoms with Crippen molar-refractivity contribution in [3.05, 3.63) is 70.6 Å². The first-order chi connectivity index (χ1) is 12.2. The molecule has 2 heterocycles. The van der Waals surface area contributed by atoms with Crippen molar-refractivity contribution in [3.8, 4) is 0 Å². The molecule has 0 N–H and O–H groups in total. The van der Waals surface area contributed by atoms with E-state index in [4.69, 9.17) is 16.3 Å². The first-order valence-corrected chi connectivity index (χ1v) is 8.86. The number of hydrogen-bond acceptors (Lipinski definition) is 4. The number of aromatic nitrogens is 2. The van der Waals surface area contributed by atoms with E-state index in [-0.39, 0.29) is 11.9 Å². The minimum atomic E-state index is -0.551. The molecule has 4 nitrogen and oxygen atoms in total. The van der Waals surface area contributed by atoms with Crippen molar-refractivity contribution in [2.24, 2.45) is 0 Å². The highest BCUT2D eigenvalue weighted by Crippen LogP contribution is 2.28. The Morgan fingerprint density at radius 1 is 1.12 bits per heavy atom. The number of hydrogen-bond donors (Lipinski definition) is 0. The lowest BCUT2D eigenvalue weighted by atomic mass is 9.94. The average molecular weight is 369 g/mol. The second-order valence-corrected chi connectivity index (χ2v) is 7.70. The molecule has 0 radical (unpaired) electrons. The Morgan fingerprint density at radius 3 is 2.54 bits per heavy atom. The maximum Gasteiger partial charge on any atom is 0.339 e. The van der Waals surface area contributed by atoms with Gasteiger partial charge in [-0.25, -0.2) is 4.79 Å². The first kappa shape index (κ1) is 18.3. The molecule has 3 aromatic rings. The third kappa shape index (κ3) is 4.02. The smallest absolute Gasteiger partial charge is 0.339 e. The maximum absolute atomic E-state index is 12.6. The molecule has 1 aromatic carbocycles. The lowest BCUT2D eigenvalue weighted by molar-refractivity contribution is 0.00718. The number of halogens is 1. The molecule has 0 spiro atoms. The first-order valence-electron chi connectivity index (χ1n) is 8.48. The summed E-state index contributed by atoms with van der Waals surface area (Å²) in [7, 11) is 0. The van der Waals surface area contributed by atoms with Crippen molar-refractivity contribution in [1.82, 2.24) is 9.97 Å². The molecule has 1 atom stereocenters. The van der Waals surface area contributed by atoms with Gasteiger partial charge in [-0.2, -0.15) is 0 Å². The van der Waals surface area contributed by atoms with Gasteiger partial charge in [0, 0.05) is 29.4 Å². The number of benzene rings is 1. The highest BCUT2D eigenvalue weighted by Gasteiger charge is 2.20. The van der Waals surface area contributed by atoms with Crippen molar-refractivity contribution in [2.45, 2.75) is 39.2 Å². The van der Waals surface area contributed by atoms with Gasteiger partial charge in [-0.15, -0.1) is 0 Å². The number of carbonyl (C=O) groups is 1. The van der Waals surface area contributed by atoms with Crippen LogP contribution in [0.25, 0.3) is 10.9 Å². The lowest BCUT2D eigenvalue weighted by Crippen LogP contribution is -2.24. The van der Waals surface area contributed by atoms with Gasteiger partial charge in [0.05, 0.1) is 16.1 Å². The van der Waals surface area contributed by atoms with Gasteiger partial charge in [0.15, 0.2) is 0 Å². The molecule has 0 amide bonds. The zero-order valence-electron chi connectivity index (χ0n) is 15.3. The molecule has 26 heavy (non-hydrogen) atoms. The van der Waals surface area contributed by atoms with Crippen LogP contribution in [0.3, 0.4) is 0 Å². The third-order valence-electron chi connectivity index (χ3n) is 4.08. The predicted octanol–water partition coefficient (Wildman–Crippen LogP) is 5.39. The minimum Gasteiger partial charge on any atom is -0.456 e. The summed E-state index contributed by atoms with van der Waals surface area (Å²) >= 11 is 5.93. The van der Waals surface area contributed by atoms with Crippen molar-refractivity contribution < 1.29 is 9.53 Å². The SMILES string of the molecule is C[C@H](c1ccc2nccc(C(=O)OC(C)(C)C)c2c1)c1ccc(Cl)cn1. The fraction of sp³-hybridized carbons (Fsp3) is 0.286. The number of fused-ring (bicyclic) bond motifs is 1. The molecule has 134 valence electrons. The van der Waals surface area contributed by atoms with Crippen LogP contribution >= 0.6 is 11.6 Å². The molecule has 0 aliphatic carbocycles. The molecule has 0 unspecified atom stereocenters. The van der Waals surface area contributed by atoms with Crippen LogP contribution in [0, 0.1) is 0 Å². The van der Waals surface area contributed by atoms with Gasteiger partial charge in [0.25, 0.3) is 0 Å². The molecule has 0 aliphatic heterocycles. The summed E-state index contributed by atoms with van der Waals surface area (Å²) in [6.07, 6.45) is 3.27. The van der Waals surface area contributed by atoms with Crippen LogP contribution in [-0.4, -0.2) is 21.5 Å². The van der Waals surface area contributed by atoms with Crippen LogP contribution in [0.15, 0.2) is 48.8 Å². The molecule has 5 heteroatoms. The summed E-state index contributed by atoms with van der Waals surface area (Å²) in [5.41, 5.74) is 2.68. The van der Waals surface area contributed by atoms with E-state index in [9.17, 15) is 4.79 Å². The van der Waals surface area contributed by atoms with Gasteiger partial charge in [0.2, 0.25) is 0 Å². The fourth-order valence-corrected chi connectivity index (χ4v) is 2.87. The second-order valence-electron chi connectivity index (χ2n) is 7.26. The van der Waals surface area contributed by atoms with Crippen LogP contribution in [-0.2, 0) is 4.74 Å². The zero-order valence-corrected chi connectivity index (χ0v) is 16.0. The highest BCUT2D eigenvalue weighted by molar-refractivity contribution is 6.30. The predicted molar refractivity (Wildman–Crippen MR) is 104 cm³/mol. The van der Waals surface area contributed by atoms with Gasteiger partial charge in [-0.3, -0.25) is 9.97 Å². The molecular weight excluding hydrogens is 348 g/mol. The van der Waals surface area contributed by atoms with E-state index in [1.54, 1.807) is 18.5 Å². The average Bonchev–Trinajstić information content (AvgIpc) is 2.59. The molecule has 3 rings (SSSR count). The summed E-state index contributed by atoms with van der Waals surface area (Å²) in [5.74, 6) is -0.289. The molecule has 2 aromatic heterocycles. The zero-order chi connectivity index (χ0) is 18.9. The van der Waals surface area contributed by atoms with E-state index in [1.165, 1.54) is 0 Å². The maximum atomic E-state index is 12.6. The Hall–Kier alpha value is -2.46. The standard InChI is InChI=1S/C21H21ClN2O2/c1-13(18-8-6-15(22)12-24-18)14-5-7-19-17(11-14)16(9-10-23-19)20(25)26-21(2,3)4/h5-13H,1-4H3/t13-/m1/s1. The van der Waals surface area contributed by atoms with Crippen LogP contribution in [0.4, 0.5) is 0 Å². The quantitative estimate of drug-likeness (QED) is 0.581. The van der Waals surface area contributed by atoms with Crippen molar-refractivity contribution in [1.29, 1.82) is 0 Å². The number of pyridine rings is 2. The van der Waals surface area contributed by atoms with E-state index in [0.717, 1.165) is 22.2 Å². The van der Waals surface area contributed by atoms with Crippen molar-refractivity contribution >= 4 is 28.5 Å². The van der Waals surface area contributed by atoms with Crippen LogP contribution < -0.4 is 0 Å². The third-order valence-corrected chi connectivity index (χ3v) is 4.30. The largest absolute Gasteiger partial charge is 0.456 e. The number of nitrogens with zero attached hydrogens (tertiary/aromatic N) is 2. The molecular formula is C21H21ClN2O2. The summed E-state index contributed by atoms with van der Waals surface area (Å²) < 4.78 is 5.54. The Kier molecular flexibility index (Phi) is 4.97. The normalized spacial score (nSPS) is 12.8. The Morgan fingerprint density at radius 2 is 1.88 bits per heavy atom. The van der Waals surface area contributed by atoms with Crippen LogP contribution in [0.2, 0.25) is 5.02 Å². The summed E-state index contributed by atoms with van der Waals surface area (Å²) in [6, 6.07) is 11.4. The Bertz CT molecular complexity index is 946. The number of esters is 1. The molecule has 0 aliphatic rings. The summed E-state index contributed by atoms with van der Waals surface area (Å²) in [6.45, 7) is 7.64. The van der Waals surface area contributed by atoms with Gasteiger partial charge in [0.1, 0.15) is 5.60 Å². The van der Waals surface area contributed by atoms with E-state index >= 15 is 0 Å². The highest BCUT2D eigenvalue weighted by atomic mass is 35.5. The summed E-state index contributed by atoms with van der Waals surface area (Å²) in [4.78, 5) is 21.4. The van der Waals surface area contributed by atoms with E-state index < -0.39 is 5.60 Å². The van der Waals surface area contributed by atoms with Crippen molar-refractivity contribution in [3.63, 3.8) is 0 Å². The monoisotopic (exact) mass is 368 g/mol. The minimum absolute atomic E-state index is 0.0587. The molecule has 0 bridgehead atoms. The molecule has 0 saturated heterocycles. The van der Waals surface area contributed by atoms with Crippen molar-refractivity contribution in [2.75, 3.05) is 0 Å². The van der Waals surface area contributed by atoms with E-state index in [2.05, 4.69) is 16.9 Å². The van der Waals surface area contributed by atoms with E-state index in [1.807, 2.05) is 51.1 Å². The number of rotatable bonds is 3. The second kappa shape index (κ2) is 7.04. The van der Waals surface area contributed by atoms with Gasteiger partial charge < -0.3 is 4.74 Å². The number of ether oxygens (including phenoxy) is 1. The Balaban J connectivity index is 2.03. The van der Waals surface area contributed by atoms with Crippen LogP contribution in [0.5, 0.6) is 0 Å².